The van der Waals surface area contributed by atoms with Crippen LogP contribution in [0.4, 0.5) is 0 Å². The van der Waals surface area contributed by atoms with Crippen molar-refractivity contribution in [1.29, 1.82) is 10.5 Å². The molecule has 0 spiro atoms. The maximum atomic E-state index is 9.18. The summed E-state index contributed by atoms with van der Waals surface area (Å²) in [4.78, 5) is 0. The van der Waals surface area contributed by atoms with Gasteiger partial charge in [-0.15, -0.1) is 0 Å². The summed E-state index contributed by atoms with van der Waals surface area (Å²) in [5, 5.41) is 18.0. The summed E-state index contributed by atoms with van der Waals surface area (Å²) < 4.78 is 0. The van der Waals surface area contributed by atoms with Gasteiger partial charge in [-0.25, -0.2) is 0 Å². The van der Waals surface area contributed by atoms with Crippen LogP contribution in [0.25, 0.3) is 11.6 Å². The Kier molecular flexibility index (Phi) is 3.54. The van der Waals surface area contributed by atoms with E-state index >= 15 is 0 Å². The van der Waals surface area contributed by atoms with Gasteiger partial charge in [-0.05, 0) is 29.3 Å². The molecule has 0 aliphatic carbocycles. The fraction of sp³-hybridized carbons (Fsp3) is 0. The van der Waals surface area contributed by atoms with Gasteiger partial charge in [-0.2, -0.15) is 10.5 Å². The van der Waals surface area contributed by atoms with Crippen LogP contribution in [-0.2, 0) is 0 Å². The monoisotopic (exact) mass is 230 g/mol. The van der Waals surface area contributed by atoms with Gasteiger partial charge < -0.3 is 0 Å². The van der Waals surface area contributed by atoms with E-state index in [0.717, 1.165) is 11.1 Å². The van der Waals surface area contributed by atoms with Gasteiger partial charge in [0.15, 0.2) is 0 Å². The third-order valence-corrected chi connectivity index (χ3v) is 2.53. The van der Waals surface area contributed by atoms with E-state index in [1.54, 1.807) is 18.2 Å². The first-order valence-corrected chi connectivity index (χ1v) is 5.51. The van der Waals surface area contributed by atoms with Gasteiger partial charge in [-0.3, -0.25) is 0 Å². The van der Waals surface area contributed by atoms with E-state index in [9.17, 15) is 5.26 Å². The largest absolute Gasteiger partial charge is 0.192 e. The smallest absolute Gasteiger partial charge is 0.0998 e. The maximum Gasteiger partial charge on any atom is 0.0998 e. The zero-order valence-corrected chi connectivity index (χ0v) is 9.67. The zero-order chi connectivity index (χ0) is 12.8. The van der Waals surface area contributed by atoms with Crippen molar-refractivity contribution >= 4 is 11.6 Å². The molecule has 0 bridgehead atoms. The summed E-state index contributed by atoms with van der Waals surface area (Å²) in [5.74, 6) is 0. The minimum absolute atomic E-state index is 0.589. The van der Waals surface area contributed by atoms with E-state index in [-0.39, 0.29) is 0 Å². The second-order valence-electron chi connectivity index (χ2n) is 3.77. The summed E-state index contributed by atoms with van der Waals surface area (Å²) in [6.45, 7) is 0. The highest BCUT2D eigenvalue weighted by Gasteiger charge is 2.00. The Morgan fingerprint density at radius 1 is 0.944 bits per heavy atom. The minimum Gasteiger partial charge on any atom is -0.192 e. The van der Waals surface area contributed by atoms with Crippen molar-refractivity contribution < 1.29 is 0 Å². The van der Waals surface area contributed by atoms with Gasteiger partial charge in [0.25, 0.3) is 0 Å². The highest BCUT2D eigenvalue weighted by atomic mass is 14.2. The molecule has 0 atom stereocenters. The van der Waals surface area contributed by atoms with Crippen LogP contribution in [0.2, 0.25) is 0 Å². The molecule has 0 amide bonds. The molecule has 2 rings (SSSR count). The van der Waals surface area contributed by atoms with Gasteiger partial charge in [0.05, 0.1) is 23.3 Å². The molecular weight excluding hydrogens is 220 g/mol. The van der Waals surface area contributed by atoms with Crippen LogP contribution in [0.1, 0.15) is 16.7 Å². The number of allylic oxidation sites excluding steroid dienone is 1. The van der Waals surface area contributed by atoms with Crippen molar-refractivity contribution in [3.8, 4) is 12.1 Å². The first kappa shape index (κ1) is 11.6. The van der Waals surface area contributed by atoms with Crippen molar-refractivity contribution in [3.63, 3.8) is 0 Å². The maximum absolute atomic E-state index is 9.18. The van der Waals surface area contributed by atoms with E-state index in [4.69, 9.17) is 5.26 Å². The Hall–Kier alpha value is -2.84. The molecule has 0 radical (unpaired) electrons. The third kappa shape index (κ3) is 2.64. The topological polar surface area (TPSA) is 47.6 Å². The molecular formula is C16H10N2. The Labute approximate surface area is 106 Å². The molecule has 0 saturated carbocycles. The molecule has 2 nitrogen and oxygen atoms in total. The number of benzene rings is 2. The number of nitriles is 2. The summed E-state index contributed by atoms with van der Waals surface area (Å²) in [7, 11) is 0. The predicted octanol–water partition coefficient (Wildman–Crippen LogP) is 3.62. The molecule has 0 fully saturated rings. The SMILES string of the molecule is N#C/C(=C/c1cccc(C#N)c1)c1ccccc1. The lowest BCUT2D eigenvalue weighted by molar-refractivity contribution is 1.48. The quantitative estimate of drug-likeness (QED) is 0.584. The summed E-state index contributed by atoms with van der Waals surface area (Å²) >= 11 is 0. The van der Waals surface area contributed by atoms with Crippen LogP contribution in [0, 0.1) is 22.7 Å². The Morgan fingerprint density at radius 3 is 2.39 bits per heavy atom. The molecule has 2 heteroatoms. The number of nitrogens with zero attached hydrogens (tertiary/aromatic N) is 2. The van der Waals surface area contributed by atoms with E-state index in [2.05, 4.69) is 12.1 Å². The van der Waals surface area contributed by atoms with Gasteiger partial charge in [0.2, 0.25) is 0 Å². The first-order valence-electron chi connectivity index (χ1n) is 5.51. The Morgan fingerprint density at radius 2 is 1.72 bits per heavy atom. The van der Waals surface area contributed by atoms with Crippen LogP contribution in [-0.4, -0.2) is 0 Å². The number of hydrogen-bond donors (Lipinski definition) is 0. The fourth-order valence-corrected chi connectivity index (χ4v) is 1.66. The molecule has 0 aliphatic heterocycles. The average Bonchev–Trinajstić information content (AvgIpc) is 2.46. The van der Waals surface area contributed by atoms with Gasteiger partial charge >= 0.3 is 0 Å². The zero-order valence-electron chi connectivity index (χ0n) is 9.67. The lowest BCUT2D eigenvalue weighted by Crippen LogP contribution is -1.82. The van der Waals surface area contributed by atoms with Crippen LogP contribution in [0.3, 0.4) is 0 Å². The third-order valence-electron chi connectivity index (χ3n) is 2.53. The normalized spacial score (nSPS) is 10.4. The fourth-order valence-electron chi connectivity index (χ4n) is 1.66. The molecule has 2 aromatic rings. The second-order valence-corrected chi connectivity index (χ2v) is 3.77. The van der Waals surface area contributed by atoms with Gasteiger partial charge in [0, 0.05) is 0 Å². The molecule has 0 heterocycles. The van der Waals surface area contributed by atoms with Crippen molar-refractivity contribution in [1.82, 2.24) is 0 Å². The second kappa shape index (κ2) is 5.48. The molecule has 0 N–H and O–H groups in total. The first-order chi connectivity index (χ1) is 8.83. The Balaban J connectivity index is 2.43. The number of hydrogen-bond acceptors (Lipinski definition) is 2. The lowest BCUT2D eigenvalue weighted by atomic mass is 10.0. The highest BCUT2D eigenvalue weighted by Crippen LogP contribution is 2.17. The van der Waals surface area contributed by atoms with Crippen LogP contribution >= 0.6 is 0 Å². The molecule has 0 unspecified atom stereocenters. The molecule has 0 aliphatic rings. The molecule has 2 aromatic carbocycles. The van der Waals surface area contributed by atoms with E-state index in [0.29, 0.717) is 11.1 Å². The Bertz CT molecular complexity index is 655. The van der Waals surface area contributed by atoms with Gasteiger partial charge in [0.1, 0.15) is 0 Å². The summed E-state index contributed by atoms with van der Waals surface area (Å²) in [5.41, 5.74) is 2.91. The highest BCUT2D eigenvalue weighted by molar-refractivity contribution is 5.89. The average molecular weight is 230 g/mol. The van der Waals surface area contributed by atoms with Crippen molar-refractivity contribution in [2.24, 2.45) is 0 Å². The minimum atomic E-state index is 0.589. The van der Waals surface area contributed by atoms with Crippen molar-refractivity contribution in [2.75, 3.05) is 0 Å². The summed E-state index contributed by atoms with van der Waals surface area (Å²) in [6, 6.07) is 20.9. The van der Waals surface area contributed by atoms with Crippen LogP contribution in [0.15, 0.2) is 54.6 Å². The van der Waals surface area contributed by atoms with Crippen molar-refractivity contribution in [3.05, 3.63) is 71.3 Å². The van der Waals surface area contributed by atoms with Crippen LogP contribution in [0.5, 0.6) is 0 Å². The van der Waals surface area contributed by atoms with Gasteiger partial charge in [-0.1, -0.05) is 42.5 Å². The standard InChI is InChI=1S/C16H10N2/c17-11-14-6-4-5-13(9-14)10-16(12-18)15-7-2-1-3-8-15/h1-10H/b16-10-. The predicted molar refractivity (Wildman–Crippen MR) is 71.1 cm³/mol. The molecule has 0 aromatic heterocycles. The molecule has 84 valence electrons. The molecule has 0 saturated heterocycles. The van der Waals surface area contributed by atoms with E-state index < -0.39 is 0 Å². The van der Waals surface area contributed by atoms with Crippen molar-refractivity contribution in [2.45, 2.75) is 0 Å². The van der Waals surface area contributed by atoms with E-state index in [1.807, 2.05) is 42.5 Å². The number of rotatable bonds is 2. The van der Waals surface area contributed by atoms with Crippen LogP contribution < -0.4 is 0 Å². The molecule has 18 heavy (non-hydrogen) atoms. The summed E-state index contributed by atoms with van der Waals surface area (Å²) in [6.07, 6.45) is 1.79. The lowest BCUT2D eigenvalue weighted by Gasteiger charge is -1.99. The van der Waals surface area contributed by atoms with E-state index in [1.165, 1.54) is 0 Å².